The highest BCUT2D eigenvalue weighted by atomic mass is 16.5. The van der Waals surface area contributed by atoms with E-state index in [0.29, 0.717) is 18.1 Å². The molecule has 5 nitrogen and oxygen atoms in total. The number of aryl methyl sites for hydroxylation is 1. The second-order valence-corrected chi connectivity index (χ2v) is 5.64. The lowest BCUT2D eigenvalue weighted by Crippen LogP contribution is -2.51. The molecule has 1 aromatic carbocycles. The third-order valence-electron chi connectivity index (χ3n) is 3.39. The Morgan fingerprint density at radius 1 is 1.26 bits per heavy atom. The van der Waals surface area contributed by atoms with Gasteiger partial charge < -0.3 is 15.0 Å². The van der Waals surface area contributed by atoms with Gasteiger partial charge in [-0.05, 0) is 19.9 Å². The van der Waals surface area contributed by atoms with Crippen molar-refractivity contribution in [1.82, 2.24) is 10.1 Å². The minimum absolute atomic E-state index is 0.377. The summed E-state index contributed by atoms with van der Waals surface area (Å²) in [6.07, 6.45) is 0.593. The highest BCUT2D eigenvalue weighted by molar-refractivity contribution is 5.45. The van der Waals surface area contributed by atoms with Crippen molar-refractivity contribution in [2.75, 3.05) is 0 Å². The molecule has 0 bridgehead atoms. The van der Waals surface area contributed by atoms with Crippen molar-refractivity contribution in [2.24, 2.45) is 5.73 Å². The Kier molecular flexibility index (Phi) is 2.44. The molecule has 0 aliphatic carbocycles. The van der Waals surface area contributed by atoms with E-state index in [0.717, 1.165) is 11.3 Å². The third-order valence-corrected chi connectivity index (χ3v) is 3.39. The lowest BCUT2D eigenvalue weighted by atomic mass is 9.78. The van der Waals surface area contributed by atoms with E-state index in [1.807, 2.05) is 38.1 Å². The highest BCUT2D eigenvalue weighted by Gasteiger charge is 2.46. The Bertz CT molecular complexity index is 621. The molecule has 1 aliphatic heterocycles. The molecule has 1 atom stereocenters. The van der Waals surface area contributed by atoms with Gasteiger partial charge in [0, 0.05) is 18.9 Å². The number of para-hydroxylation sites is 1. The van der Waals surface area contributed by atoms with Crippen LogP contribution in [0.15, 0.2) is 28.8 Å². The monoisotopic (exact) mass is 259 g/mol. The first-order valence-corrected chi connectivity index (χ1v) is 6.29. The van der Waals surface area contributed by atoms with Gasteiger partial charge in [0.2, 0.25) is 5.89 Å². The summed E-state index contributed by atoms with van der Waals surface area (Å²) in [5.41, 5.74) is 6.36. The van der Waals surface area contributed by atoms with E-state index in [9.17, 15) is 0 Å². The summed E-state index contributed by atoms with van der Waals surface area (Å²) in [6.45, 7) is 5.78. The number of aromatic nitrogens is 2. The zero-order valence-corrected chi connectivity index (χ0v) is 11.3. The van der Waals surface area contributed by atoms with Crippen LogP contribution in [0.1, 0.15) is 37.5 Å². The molecule has 5 heteroatoms. The average molecular weight is 259 g/mol. The van der Waals surface area contributed by atoms with Crippen LogP contribution in [0.4, 0.5) is 0 Å². The fourth-order valence-corrected chi connectivity index (χ4v) is 2.70. The zero-order valence-electron chi connectivity index (χ0n) is 11.3. The number of ether oxygens (including phenoxy) is 1. The van der Waals surface area contributed by atoms with Crippen LogP contribution in [0, 0.1) is 6.92 Å². The number of nitrogens with zero attached hydrogens (tertiary/aromatic N) is 2. The maximum Gasteiger partial charge on any atom is 0.223 e. The molecule has 0 spiro atoms. The summed E-state index contributed by atoms with van der Waals surface area (Å²) >= 11 is 0. The van der Waals surface area contributed by atoms with Gasteiger partial charge in [-0.15, -0.1) is 0 Å². The topological polar surface area (TPSA) is 74.2 Å². The van der Waals surface area contributed by atoms with Crippen LogP contribution in [0.25, 0.3) is 0 Å². The molecule has 19 heavy (non-hydrogen) atoms. The number of rotatable bonds is 1. The average Bonchev–Trinajstić information content (AvgIpc) is 2.75. The fraction of sp³-hybridized carbons (Fsp3) is 0.429. The van der Waals surface area contributed by atoms with Crippen LogP contribution >= 0.6 is 0 Å². The van der Waals surface area contributed by atoms with Crippen molar-refractivity contribution in [1.29, 1.82) is 0 Å². The molecular weight excluding hydrogens is 242 g/mol. The largest absolute Gasteiger partial charge is 0.487 e. The van der Waals surface area contributed by atoms with Crippen molar-refractivity contribution >= 4 is 0 Å². The molecule has 2 N–H and O–H groups in total. The Balaban J connectivity index is 2.20. The standard InChI is InChI=1S/C14H17N3O2/c1-9-16-12(17-19-9)14(15)8-13(2,3)18-11-7-5-4-6-10(11)14/h4-7H,8,15H2,1-3H3. The number of hydrogen-bond acceptors (Lipinski definition) is 5. The second kappa shape index (κ2) is 3.81. The lowest BCUT2D eigenvalue weighted by Gasteiger charge is -2.42. The summed E-state index contributed by atoms with van der Waals surface area (Å²) < 4.78 is 11.1. The number of benzene rings is 1. The van der Waals surface area contributed by atoms with E-state index in [1.165, 1.54) is 0 Å². The Labute approximate surface area is 111 Å². The van der Waals surface area contributed by atoms with Gasteiger partial charge in [0.05, 0.1) is 0 Å². The summed E-state index contributed by atoms with van der Waals surface area (Å²) in [5.74, 6) is 1.80. The van der Waals surface area contributed by atoms with Crippen LogP contribution < -0.4 is 10.5 Å². The summed E-state index contributed by atoms with van der Waals surface area (Å²) in [7, 11) is 0. The van der Waals surface area contributed by atoms with Gasteiger partial charge in [-0.25, -0.2) is 0 Å². The molecule has 0 saturated carbocycles. The Morgan fingerprint density at radius 3 is 2.68 bits per heavy atom. The van der Waals surface area contributed by atoms with Crippen LogP contribution in [0.3, 0.4) is 0 Å². The highest BCUT2D eigenvalue weighted by Crippen LogP contribution is 2.44. The van der Waals surface area contributed by atoms with Crippen LogP contribution in [0.2, 0.25) is 0 Å². The first-order chi connectivity index (χ1) is 8.91. The molecule has 1 aromatic heterocycles. The van der Waals surface area contributed by atoms with Crippen molar-refractivity contribution in [3.8, 4) is 5.75 Å². The molecule has 0 saturated heterocycles. The summed E-state index contributed by atoms with van der Waals surface area (Å²) in [4.78, 5) is 4.31. The number of fused-ring (bicyclic) bond motifs is 1. The van der Waals surface area contributed by atoms with E-state index >= 15 is 0 Å². The minimum Gasteiger partial charge on any atom is -0.487 e. The van der Waals surface area contributed by atoms with E-state index < -0.39 is 5.54 Å². The van der Waals surface area contributed by atoms with Crippen molar-refractivity contribution in [3.63, 3.8) is 0 Å². The molecule has 1 unspecified atom stereocenters. The van der Waals surface area contributed by atoms with Gasteiger partial charge in [-0.2, -0.15) is 4.98 Å². The first-order valence-electron chi connectivity index (χ1n) is 6.29. The van der Waals surface area contributed by atoms with E-state index in [1.54, 1.807) is 6.92 Å². The van der Waals surface area contributed by atoms with E-state index in [-0.39, 0.29) is 5.60 Å². The molecule has 2 aromatic rings. The minimum atomic E-state index is -0.782. The van der Waals surface area contributed by atoms with E-state index in [4.69, 9.17) is 15.0 Å². The SMILES string of the molecule is Cc1nc(C2(N)CC(C)(C)Oc3ccccc32)no1. The van der Waals surface area contributed by atoms with Crippen LogP contribution in [0.5, 0.6) is 5.75 Å². The normalized spacial score (nSPS) is 24.6. The lowest BCUT2D eigenvalue weighted by molar-refractivity contribution is 0.0529. The van der Waals surface area contributed by atoms with Gasteiger partial charge in [-0.3, -0.25) is 0 Å². The quantitative estimate of drug-likeness (QED) is 0.849. The van der Waals surface area contributed by atoms with Crippen molar-refractivity contribution in [2.45, 2.75) is 38.3 Å². The summed E-state index contributed by atoms with van der Waals surface area (Å²) in [6, 6.07) is 7.75. The van der Waals surface area contributed by atoms with Gasteiger partial charge in [-0.1, -0.05) is 23.4 Å². The molecule has 0 amide bonds. The van der Waals surface area contributed by atoms with Crippen LogP contribution in [-0.4, -0.2) is 15.7 Å². The molecule has 2 heterocycles. The maximum atomic E-state index is 6.62. The van der Waals surface area contributed by atoms with Gasteiger partial charge in [0.25, 0.3) is 0 Å². The Hall–Kier alpha value is -1.88. The predicted molar refractivity (Wildman–Crippen MR) is 69.8 cm³/mol. The van der Waals surface area contributed by atoms with Crippen LogP contribution in [-0.2, 0) is 5.54 Å². The molecule has 100 valence electrons. The predicted octanol–water partition coefficient (Wildman–Crippen LogP) is 2.14. The van der Waals surface area contributed by atoms with Gasteiger partial charge in [0.1, 0.15) is 16.9 Å². The van der Waals surface area contributed by atoms with Gasteiger partial charge in [0.15, 0.2) is 5.82 Å². The molecule has 0 fully saturated rings. The molecular formula is C14H17N3O2. The Morgan fingerprint density at radius 2 is 2.00 bits per heavy atom. The fourth-order valence-electron chi connectivity index (χ4n) is 2.70. The molecule has 1 aliphatic rings. The van der Waals surface area contributed by atoms with Gasteiger partial charge >= 0.3 is 0 Å². The smallest absolute Gasteiger partial charge is 0.223 e. The summed E-state index contributed by atoms with van der Waals surface area (Å²) in [5, 5.41) is 4.01. The van der Waals surface area contributed by atoms with E-state index in [2.05, 4.69) is 10.1 Å². The number of hydrogen-bond donors (Lipinski definition) is 1. The molecule has 0 radical (unpaired) electrons. The van der Waals surface area contributed by atoms with Crippen molar-refractivity contribution < 1.29 is 9.26 Å². The maximum absolute atomic E-state index is 6.62. The van der Waals surface area contributed by atoms with Crippen molar-refractivity contribution in [3.05, 3.63) is 41.5 Å². The second-order valence-electron chi connectivity index (χ2n) is 5.64. The number of nitrogens with two attached hydrogens (primary N) is 1. The third kappa shape index (κ3) is 1.90. The zero-order chi connectivity index (χ0) is 13.7. The first kappa shape index (κ1) is 12.2. The molecule has 3 rings (SSSR count).